The van der Waals surface area contributed by atoms with Crippen LogP contribution in [0.5, 0.6) is 0 Å². The highest BCUT2D eigenvalue weighted by Gasteiger charge is 2.00. The molecule has 0 aliphatic heterocycles. The monoisotopic (exact) mass is 223 g/mol. The summed E-state index contributed by atoms with van der Waals surface area (Å²) in [5, 5.41) is 38.8. The summed E-state index contributed by atoms with van der Waals surface area (Å²) in [7, 11) is -2.17. The number of nitrogens with zero attached hydrogens (tertiary/aromatic N) is 1. The summed E-state index contributed by atoms with van der Waals surface area (Å²) < 4.78 is 0. The van der Waals surface area contributed by atoms with Crippen molar-refractivity contribution in [3.05, 3.63) is 0 Å². The summed E-state index contributed by atoms with van der Waals surface area (Å²) in [6.45, 7) is 4.85. The van der Waals surface area contributed by atoms with Crippen LogP contribution in [-0.4, -0.2) is 70.4 Å². The van der Waals surface area contributed by atoms with Gasteiger partial charge in [0.25, 0.3) is 0 Å². The Kier molecular flexibility index (Phi) is 15.9. The number of aliphatic hydroxyl groups excluding tert-OH is 2. The second-order valence-electron chi connectivity index (χ2n) is 2.99. The molecule has 0 aliphatic carbocycles. The van der Waals surface area contributed by atoms with Crippen LogP contribution in [-0.2, 0) is 0 Å². The molecule has 0 fully saturated rings. The molecule has 0 unspecified atom stereocenters. The van der Waals surface area contributed by atoms with Crippen molar-refractivity contribution >= 4 is 7.32 Å². The van der Waals surface area contributed by atoms with Gasteiger partial charge in [-0.25, -0.2) is 0 Å². The lowest BCUT2D eigenvalue weighted by molar-refractivity contribution is 0.159. The molecule has 92 valence electrons. The van der Waals surface area contributed by atoms with Crippen molar-refractivity contribution in [2.24, 2.45) is 0 Å². The van der Waals surface area contributed by atoms with E-state index in [0.717, 1.165) is 19.4 Å². The molecule has 0 radical (unpaired) electrons. The molecule has 6 nitrogen and oxygen atoms in total. The molecular weight excluding hydrogens is 201 g/mol. The van der Waals surface area contributed by atoms with Gasteiger partial charge in [-0.3, -0.25) is 4.90 Å². The third kappa shape index (κ3) is 20.0. The van der Waals surface area contributed by atoms with Crippen LogP contribution < -0.4 is 0 Å². The highest BCUT2D eigenvalue weighted by molar-refractivity contribution is 6.30. The molecule has 0 aromatic heterocycles. The minimum absolute atomic E-state index is 0.184. The fraction of sp³-hybridized carbons (Fsp3) is 1.00. The molecular formula is C8H22BNO5. The summed E-state index contributed by atoms with van der Waals surface area (Å²) in [5.41, 5.74) is 0. The summed E-state index contributed by atoms with van der Waals surface area (Å²) >= 11 is 0. The van der Waals surface area contributed by atoms with E-state index in [4.69, 9.17) is 25.3 Å². The van der Waals surface area contributed by atoms with Crippen LogP contribution in [0.4, 0.5) is 0 Å². The second kappa shape index (κ2) is 13.8. The first-order valence-electron chi connectivity index (χ1n) is 5.06. The van der Waals surface area contributed by atoms with Gasteiger partial charge in [0.15, 0.2) is 0 Å². The third-order valence-corrected chi connectivity index (χ3v) is 1.66. The maximum absolute atomic E-state index is 8.64. The Morgan fingerprint density at radius 1 is 0.933 bits per heavy atom. The first kappa shape index (κ1) is 17.2. The van der Waals surface area contributed by atoms with Crippen LogP contribution in [0.25, 0.3) is 0 Å². The average molecular weight is 223 g/mol. The van der Waals surface area contributed by atoms with Gasteiger partial charge in [0, 0.05) is 13.1 Å². The summed E-state index contributed by atoms with van der Waals surface area (Å²) in [6.07, 6.45) is 2.30. The van der Waals surface area contributed by atoms with Crippen LogP contribution in [0.1, 0.15) is 19.8 Å². The molecule has 0 heterocycles. The fourth-order valence-electron chi connectivity index (χ4n) is 1.000. The van der Waals surface area contributed by atoms with E-state index in [9.17, 15) is 0 Å². The van der Waals surface area contributed by atoms with Gasteiger partial charge in [-0.15, -0.1) is 0 Å². The zero-order valence-electron chi connectivity index (χ0n) is 9.21. The molecule has 0 aromatic carbocycles. The van der Waals surface area contributed by atoms with Gasteiger partial charge in [-0.05, 0) is 13.0 Å². The lowest BCUT2D eigenvalue weighted by Crippen LogP contribution is -2.30. The largest absolute Gasteiger partial charge is 0.631 e. The zero-order chi connectivity index (χ0) is 12.1. The van der Waals surface area contributed by atoms with Crippen LogP contribution in [0.2, 0.25) is 0 Å². The summed E-state index contributed by atoms with van der Waals surface area (Å²) in [5.74, 6) is 0. The smallest absolute Gasteiger partial charge is 0.402 e. The third-order valence-electron chi connectivity index (χ3n) is 1.66. The molecule has 5 N–H and O–H groups in total. The Hall–Kier alpha value is -0.175. The number of unbranched alkanes of at least 4 members (excludes halogenated alkanes) is 1. The first-order valence-corrected chi connectivity index (χ1v) is 5.06. The molecule has 15 heavy (non-hydrogen) atoms. The van der Waals surface area contributed by atoms with Crippen molar-refractivity contribution in [1.29, 1.82) is 0 Å². The quantitative estimate of drug-likeness (QED) is 0.320. The van der Waals surface area contributed by atoms with E-state index in [0.29, 0.717) is 13.1 Å². The average Bonchev–Trinajstić information content (AvgIpc) is 2.14. The van der Waals surface area contributed by atoms with E-state index in [1.165, 1.54) is 0 Å². The highest BCUT2D eigenvalue weighted by Crippen LogP contribution is 1.93. The number of hydrogen-bond acceptors (Lipinski definition) is 6. The lowest BCUT2D eigenvalue weighted by Gasteiger charge is -2.19. The van der Waals surface area contributed by atoms with E-state index < -0.39 is 7.32 Å². The Morgan fingerprint density at radius 3 is 1.60 bits per heavy atom. The van der Waals surface area contributed by atoms with E-state index in [-0.39, 0.29) is 13.2 Å². The minimum Gasteiger partial charge on any atom is -0.402 e. The van der Waals surface area contributed by atoms with Gasteiger partial charge in [-0.1, -0.05) is 13.3 Å². The molecule has 0 aromatic rings. The molecule has 0 saturated carbocycles. The van der Waals surface area contributed by atoms with Gasteiger partial charge in [-0.2, -0.15) is 0 Å². The Morgan fingerprint density at radius 2 is 1.33 bits per heavy atom. The molecule has 0 atom stereocenters. The number of aliphatic hydroxyl groups is 2. The van der Waals surface area contributed by atoms with Gasteiger partial charge in [0.05, 0.1) is 13.2 Å². The first-order chi connectivity index (χ1) is 7.08. The number of rotatable bonds is 7. The van der Waals surface area contributed by atoms with Gasteiger partial charge >= 0.3 is 7.32 Å². The Balaban J connectivity index is 0. The van der Waals surface area contributed by atoms with Gasteiger partial charge in [0.2, 0.25) is 0 Å². The predicted molar refractivity (Wildman–Crippen MR) is 57.9 cm³/mol. The lowest BCUT2D eigenvalue weighted by atomic mass is 10.3. The maximum atomic E-state index is 8.64. The predicted octanol–water partition coefficient (Wildman–Crippen LogP) is -1.98. The van der Waals surface area contributed by atoms with Crippen molar-refractivity contribution in [1.82, 2.24) is 4.90 Å². The SMILES string of the molecule is CCCCN(CCO)CCO.OB(O)O. The van der Waals surface area contributed by atoms with Crippen LogP contribution in [0.15, 0.2) is 0 Å². The van der Waals surface area contributed by atoms with Crippen molar-refractivity contribution in [3.63, 3.8) is 0 Å². The fourth-order valence-corrected chi connectivity index (χ4v) is 1.000. The normalized spacial score (nSPS) is 9.80. The summed E-state index contributed by atoms with van der Waals surface area (Å²) in [6, 6.07) is 0. The van der Waals surface area contributed by atoms with E-state index in [2.05, 4.69) is 11.8 Å². The molecule has 0 bridgehead atoms. The standard InChI is InChI=1S/C8H19NO2.BH3O3/c1-2-3-4-9(5-7-10)6-8-11;2-1(3)4/h10-11H,2-8H2,1H3;2-4H. The molecule has 0 saturated heterocycles. The molecule has 7 heteroatoms. The zero-order valence-corrected chi connectivity index (χ0v) is 9.21. The Labute approximate surface area is 91.0 Å². The topological polar surface area (TPSA) is 104 Å². The van der Waals surface area contributed by atoms with Crippen LogP contribution in [0.3, 0.4) is 0 Å². The van der Waals surface area contributed by atoms with Crippen molar-refractivity contribution in [3.8, 4) is 0 Å². The van der Waals surface area contributed by atoms with E-state index in [1.807, 2.05) is 0 Å². The van der Waals surface area contributed by atoms with Crippen molar-refractivity contribution < 1.29 is 25.3 Å². The van der Waals surface area contributed by atoms with E-state index >= 15 is 0 Å². The highest BCUT2D eigenvalue weighted by atomic mass is 16.5. The molecule has 0 amide bonds. The second-order valence-corrected chi connectivity index (χ2v) is 2.99. The van der Waals surface area contributed by atoms with Crippen LogP contribution in [0, 0.1) is 0 Å². The Bertz CT molecular complexity index is 108. The minimum atomic E-state index is -2.17. The molecule has 0 rings (SSSR count). The van der Waals surface area contributed by atoms with Crippen molar-refractivity contribution in [2.45, 2.75) is 19.8 Å². The maximum Gasteiger partial charge on any atom is 0.631 e. The molecule has 0 spiro atoms. The number of hydrogen-bond donors (Lipinski definition) is 5. The van der Waals surface area contributed by atoms with E-state index in [1.54, 1.807) is 0 Å². The summed E-state index contributed by atoms with van der Waals surface area (Å²) in [4.78, 5) is 2.07. The van der Waals surface area contributed by atoms with Gasteiger partial charge < -0.3 is 25.3 Å². The van der Waals surface area contributed by atoms with Gasteiger partial charge in [0.1, 0.15) is 0 Å². The van der Waals surface area contributed by atoms with Crippen LogP contribution >= 0.6 is 0 Å². The molecule has 0 aliphatic rings. The van der Waals surface area contributed by atoms with Crippen molar-refractivity contribution in [2.75, 3.05) is 32.8 Å².